The van der Waals surface area contributed by atoms with Crippen molar-refractivity contribution in [3.63, 3.8) is 0 Å². The standard InChI is InChI=1S/C32H35F3N6O/c1-20(14-15-32(33,34)35)31(42)41-17-3-5-28(41)30-38-19-27(40-30)24-12-8-22(9-13-24)21-6-10-23(11-7-21)26-18-37-29(39-26)25-4-2-16-36-25/h6-13,18-20,25,28,36H,2-5,14-17H2,1H3,(H,37,39)(H,38,40)/t20-,25-,28-/m0/s1. The first-order valence-corrected chi connectivity index (χ1v) is 14.7. The zero-order valence-electron chi connectivity index (χ0n) is 23.5. The van der Waals surface area contributed by atoms with Crippen molar-refractivity contribution in [3.05, 3.63) is 72.6 Å². The van der Waals surface area contributed by atoms with Crippen molar-refractivity contribution in [3.8, 4) is 33.6 Å². The van der Waals surface area contributed by atoms with Crippen molar-refractivity contribution < 1.29 is 18.0 Å². The van der Waals surface area contributed by atoms with E-state index in [0.717, 1.165) is 65.3 Å². The number of imidazole rings is 2. The molecule has 4 heterocycles. The number of alkyl halides is 3. The number of hydrogen-bond donors (Lipinski definition) is 3. The van der Waals surface area contributed by atoms with E-state index in [9.17, 15) is 18.0 Å². The summed E-state index contributed by atoms with van der Waals surface area (Å²) in [7, 11) is 0. The Bertz CT molecular complexity index is 1500. The van der Waals surface area contributed by atoms with Crippen LogP contribution in [0, 0.1) is 5.92 Å². The van der Waals surface area contributed by atoms with Crippen molar-refractivity contribution in [1.82, 2.24) is 30.2 Å². The van der Waals surface area contributed by atoms with Crippen molar-refractivity contribution >= 4 is 5.91 Å². The average molecular weight is 577 g/mol. The van der Waals surface area contributed by atoms with Gasteiger partial charge >= 0.3 is 6.18 Å². The molecule has 0 saturated carbocycles. The lowest BCUT2D eigenvalue weighted by molar-refractivity contribution is -0.145. The molecule has 6 rings (SSSR count). The molecule has 10 heteroatoms. The maximum atomic E-state index is 13.0. The van der Waals surface area contributed by atoms with E-state index in [4.69, 9.17) is 0 Å². The number of aromatic nitrogens is 4. The molecule has 4 aromatic rings. The van der Waals surface area contributed by atoms with Gasteiger partial charge in [0.15, 0.2) is 0 Å². The van der Waals surface area contributed by atoms with Crippen LogP contribution in [0.2, 0.25) is 0 Å². The molecule has 2 aromatic carbocycles. The molecule has 2 aromatic heterocycles. The molecule has 0 spiro atoms. The van der Waals surface area contributed by atoms with Gasteiger partial charge in [0.2, 0.25) is 5.91 Å². The van der Waals surface area contributed by atoms with E-state index < -0.39 is 18.5 Å². The van der Waals surface area contributed by atoms with Gasteiger partial charge in [0.05, 0.1) is 35.9 Å². The van der Waals surface area contributed by atoms with E-state index in [-0.39, 0.29) is 18.4 Å². The van der Waals surface area contributed by atoms with Crippen LogP contribution in [0.5, 0.6) is 0 Å². The molecule has 0 unspecified atom stereocenters. The Morgan fingerprint density at radius 2 is 1.45 bits per heavy atom. The van der Waals surface area contributed by atoms with Crippen LogP contribution in [-0.4, -0.2) is 50.0 Å². The largest absolute Gasteiger partial charge is 0.389 e. The second-order valence-corrected chi connectivity index (χ2v) is 11.4. The minimum absolute atomic E-state index is 0.202. The molecule has 3 N–H and O–H groups in total. The molecule has 2 saturated heterocycles. The lowest BCUT2D eigenvalue weighted by atomic mass is 10.0. The van der Waals surface area contributed by atoms with Gasteiger partial charge in [-0.15, -0.1) is 0 Å². The summed E-state index contributed by atoms with van der Waals surface area (Å²) in [4.78, 5) is 30.6. The van der Waals surface area contributed by atoms with E-state index in [0.29, 0.717) is 18.4 Å². The fraction of sp³-hybridized carbons (Fsp3) is 0.406. The summed E-state index contributed by atoms with van der Waals surface area (Å²) < 4.78 is 38.0. The van der Waals surface area contributed by atoms with Gasteiger partial charge in [0, 0.05) is 18.9 Å². The summed E-state index contributed by atoms with van der Waals surface area (Å²) in [6.45, 7) is 3.14. The molecule has 0 radical (unpaired) electrons. The maximum Gasteiger partial charge on any atom is 0.389 e. The summed E-state index contributed by atoms with van der Waals surface area (Å²) in [6.07, 6.45) is 2.05. The molecule has 0 aliphatic carbocycles. The summed E-state index contributed by atoms with van der Waals surface area (Å²) in [5.74, 6) is 0.736. The van der Waals surface area contributed by atoms with Gasteiger partial charge in [-0.1, -0.05) is 55.5 Å². The highest BCUT2D eigenvalue weighted by Gasteiger charge is 2.36. The van der Waals surface area contributed by atoms with Gasteiger partial charge in [-0.25, -0.2) is 9.97 Å². The first-order chi connectivity index (χ1) is 20.2. The first kappa shape index (κ1) is 28.2. The molecule has 220 valence electrons. The second kappa shape index (κ2) is 11.8. The smallest absolute Gasteiger partial charge is 0.341 e. The number of hydrogen-bond acceptors (Lipinski definition) is 4. The van der Waals surface area contributed by atoms with Crippen LogP contribution in [-0.2, 0) is 4.79 Å². The Balaban J connectivity index is 1.11. The number of halogens is 3. The third-order valence-corrected chi connectivity index (χ3v) is 8.44. The minimum Gasteiger partial charge on any atom is -0.341 e. The molecular formula is C32H35F3N6O. The molecule has 1 amide bonds. The highest BCUT2D eigenvalue weighted by Crippen LogP contribution is 2.35. The van der Waals surface area contributed by atoms with Gasteiger partial charge in [-0.2, -0.15) is 13.2 Å². The van der Waals surface area contributed by atoms with Crippen molar-refractivity contribution in [2.75, 3.05) is 13.1 Å². The highest BCUT2D eigenvalue weighted by atomic mass is 19.4. The number of benzene rings is 2. The molecule has 2 aliphatic rings. The summed E-state index contributed by atoms with van der Waals surface area (Å²) in [5.41, 5.74) is 6.09. The van der Waals surface area contributed by atoms with E-state index in [1.165, 1.54) is 6.42 Å². The zero-order valence-corrected chi connectivity index (χ0v) is 23.5. The number of nitrogens with one attached hydrogen (secondary N) is 3. The number of H-pyrrole nitrogens is 2. The van der Waals surface area contributed by atoms with Crippen LogP contribution >= 0.6 is 0 Å². The summed E-state index contributed by atoms with van der Waals surface area (Å²) >= 11 is 0. The number of aromatic amines is 2. The molecule has 2 aliphatic heterocycles. The predicted molar refractivity (Wildman–Crippen MR) is 155 cm³/mol. The number of nitrogens with zero attached hydrogens (tertiary/aromatic N) is 3. The monoisotopic (exact) mass is 576 g/mol. The normalized spacial score (nSPS) is 19.9. The van der Waals surface area contributed by atoms with Gasteiger partial charge in [-0.3, -0.25) is 4.79 Å². The van der Waals surface area contributed by atoms with Crippen molar-refractivity contribution in [1.29, 1.82) is 0 Å². The predicted octanol–water partition coefficient (Wildman–Crippen LogP) is 7.20. The molecule has 3 atom stereocenters. The average Bonchev–Trinajstić information content (AvgIpc) is 3.81. The van der Waals surface area contributed by atoms with E-state index >= 15 is 0 Å². The Morgan fingerprint density at radius 3 is 2.02 bits per heavy atom. The second-order valence-electron chi connectivity index (χ2n) is 11.4. The third-order valence-electron chi connectivity index (χ3n) is 8.44. The Hall–Kier alpha value is -3.92. The van der Waals surface area contributed by atoms with Crippen LogP contribution in [0.3, 0.4) is 0 Å². The van der Waals surface area contributed by atoms with Crippen LogP contribution in [0.15, 0.2) is 60.9 Å². The van der Waals surface area contributed by atoms with E-state index in [1.54, 1.807) is 18.0 Å². The maximum absolute atomic E-state index is 13.0. The first-order valence-electron chi connectivity index (χ1n) is 14.7. The van der Waals surface area contributed by atoms with E-state index in [1.807, 2.05) is 18.3 Å². The zero-order chi connectivity index (χ0) is 29.3. The Morgan fingerprint density at radius 1 is 0.881 bits per heavy atom. The quantitative estimate of drug-likeness (QED) is 0.207. The number of likely N-dealkylation sites (tertiary alicyclic amines) is 1. The Kier molecular flexibility index (Phi) is 7.90. The molecule has 7 nitrogen and oxygen atoms in total. The fourth-order valence-electron chi connectivity index (χ4n) is 6.02. The lowest BCUT2D eigenvalue weighted by Gasteiger charge is -2.26. The number of carbonyl (C=O) groups is 1. The fourth-order valence-corrected chi connectivity index (χ4v) is 6.02. The molecule has 2 fully saturated rings. The number of rotatable bonds is 8. The molecule has 42 heavy (non-hydrogen) atoms. The van der Waals surface area contributed by atoms with Gasteiger partial charge < -0.3 is 20.2 Å². The Labute approximate surface area is 243 Å². The third kappa shape index (κ3) is 6.13. The van der Waals surface area contributed by atoms with Crippen LogP contribution < -0.4 is 5.32 Å². The molecular weight excluding hydrogens is 541 g/mol. The summed E-state index contributed by atoms with van der Waals surface area (Å²) in [6, 6.07) is 16.7. The van der Waals surface area contributed by atoms with Crippen molar-refractivity contribution in [2.24, 2.45) is 5.92 Å². The van der Waals surface area contributed by atoms with Crippen LogP contribution in [0.1, 0.15) is 69.2 Å². The van der Waals surface area contributed by atoms with Crippen molar-refractivity contribution in [2.45, 2.75) is 63.7 Å². The number of carbonyl (C=O) groups excluding carboxylic acids is 1. The lowest BCUT2D eigenvalue weighted by Crippen LogP contribution is -2.35. The van der Waals surface area contributed by atoms with Gasteiger partial charge in [0.1, 0.15) is 11.6 Å². The molecule has 0 bridgehead atoms. The highest BCUT2D eigenvalue weighted by molar-refractivity contribution is 5.79. The van der Waals surface area contributed by atoms with Crippen LogP contribution in [0.4, 0.5) is 13.2 Å². The van der Waals surface area contributed by atoms with E-state index in [2.05, 4.69) is 61.7 Å². The minimum atomic E-state index is -4.26. The number of amides is 1. The van der Waals surface area contributed by atoms with Gasteiger partial charge in [-0.05, 0) is 60.9 Å². The van der Waals surface area contributed by atoms with Gasteiger partial charge in [0.25, 0.3) is 0 Å². The van der Waals surface area contributed by atoms with Crippen LogP contribution in [0.25, 0.3) is 33.6 Å². The summed E-state index contributed by atoms with van der Waals surface area (Å²) in [5, 5.41) is 3.47. The topological polar surface area (TPSA) is 89.7 Å². The SMILES string of the molecule is C[C@@H](CCC(F)(F)F)C(=O)N1CCC[C@H]1c1ncc(-c2ccc(-c3ccc(-c4cnc([C@@H]5CCCN5)[nH]4)cc3)cc2)[nH]1.